The van der Waals surface area contributed by atoms with Crippen LogP contribution in [0.1, 0.15) is 5.56 Å². The lowest BCUT2D eigenvalue weighted by molar-refractivity contribution is 0.643. The Morgan fingerprint density at radius 3 is 2.88 bits per heavy atom. The van der Waals surface area contributed by atoms with Crippen molar-refractivity contribution >= 4 is 28.0 Å². The Labute approximate surface area is 97.3 Å². The largest absolute Gasteiger partial charge is 0.423 e. The van der Waals surface area contributed by atoms with E-state index in [1.165, 1.54) is 5.56 Å². The highest BCUT2D eigenvalue weighted by Gasteiger charge is 2.11. The lowest BCUT2D eigenvalue weighted by atomic mass is 10.2. The molecule has 0 aliphatic carbocycles. The molecule has 0 aliphatic heterocycles. The van der Waals surface area contributed by atoms with Crippen molar-refractivity contribution in [1.29, 1.82) is 0 Å². The number of hydrogen-bond acceptors (Lipinski definition) is 2. The summed E-state index contributed by atoms with van der Waals surface area (Å²) in [5.41, 5.74) is 5.24. The van der Waals surface area contributed by atoms with Gasteiger partial charge in [-0.2, -0.15) is 4.98 Å². The van der Waals surface area contributed by atoms with Crippen LogP contribution >= 0.6 is 0 Å². The van der Waals surface area contributed by atoms with Gasteiger partial charge < -0.3 is 4.42 Å². The molecule has 17 heavy (non-hydrogen) atoms. The van der Waals surface area contributed by atoms with Crippen molar-refractivity contribution in [2.45, 2.75) is 6.92 Å². The maximum Gasteiger partial charge on any atom is 0.307 e. The van der Waals surface area contributed by atoms with Crippen LogP contribution in [0.5, 0.6) is 0 Å². The van der Waals surface area contributed by atoms with Gasteiger partial charge in [0.2, 0.25) is 0 Å². The number of rotatable bonds is 0. The van der Waals surface area contributed by atoms with E-state index in [2.05, 4.69) is 34.5 Å². The molecule has 4 rings (SSSR count). The molecule has 2 heterocycles. The van der Waals surface area contributed by atoms with E-state index >= 15 is 0 Å². The van der Waals surface area contributed by atoms with Crippen molar-refractivity contribution in [1.82, 2.24) is 9.38 Å². The number of oxazole rings is 1. The number of aromatic nitrogens is 2. The van der Waals surface area contributed by atoms with Crippen LogP contribution in [0.3, 0.4) is 0 Å². The number of nitrogens with zero attached hydrogens (tertiary/aromatic N) is 2. The second-order valence-electron chi connectivity index (χ2n) is 4.29. The average Bonchev–Trinajstić information content (AvgIpc) is 2.84. The van der Waals surface area contributed by atoms with Crippen molar-refractivity contribution in [2.75, 3.05) is 0 Å². The summed E-state index contributed by atoms with van der Waals surface area (Å²) in [4.78, 5) is 4.49. The Kier molecular flexibility index (Phi) is 1.50. The summed E-state index contributed by atoms with van der Waals surface area (Å²) < 4.78 is 7.80. The Morgan fingerprint density at radius 1 is 1.06 bits per heavy atom. The van der Waals surface area contributed by atoms with E-state index in [9.17, 15) is 0 Å². The molecular weight excluding hydrogens is 212 g/mol. The van der Waals surface area contributed by atoms with E-state index in [1.807, 2.05) is 24.3 Å². The summed E-state index contributed by atoms with van der Waals surface area (Å²) >= 11 is 0. The summed E-state index contributed by atoms with van der Waals surface area (Å²) in [6.45, 7) is 2.08. The first-order valence-corrected chi connectivity index (χ1v) is 5.59. The molecule has 82 valence electrons. The number of fused-ring (bicyclic) bond motifs is 5. The Morgan fingerprint density at radius 2 is 1.94 bits per heavy atom. The third-order valence-electron chi connectivity index (χ3n) is 3.09. The van der Waals surface area contributed by atoms with Crippen molar-refractivity contribution in [3.63, 3.8) is 0 Å². The number of imidazole rings is 1. The summed E-state index contributed by atoms with van der Waals surface area (Å²) in [5, 5.41) is 0. The molecule has 0 unspecified atom stereocenters. The van der Waals surface area contributed by atoms with E-state index in [0.29, 0.717) is 5.84 Å². The maximum absolute atomic E-state index is 5.73. The number of para-hydroxylation sites is 2. The summed E-state index contributed by atoms with van der Waals surface area (Å²) in [5.74, 6) is 0.659. The van der Waals surface area contributed by atoms with E-state index in [0.717, 1.165) is 22.1 Å². The molecule has 0 saturated heterocycles. The first kappa shape index (κ1) is 8.82. The van der Waals surface area contributed by atoms with Crippen molar-refractivity contribution < 1.29 is 4.42 Å². The fourth-order valence-electron chi connectivity index (χ4n) is 2.29. The molecule has 0 radical (unpaired) electrons. The molecule has 0 amide bonds. The lowest BCUT2D eigenvalue weighted by Gasteiger charge is -1.94. The zero-order chi connectivity index (χ0) is 11.4. The molecular formula is C14H10N2O. The third-order valence-corrected chi connectivity index (χ3v) is 3.09. The Hall–Kier alpha value is -2.29. The Balaban J connectivity index is 2.33. The molecule has 0 saturated carbocycles. The standard InChI is InChI=1S/C14H10N2O/c1-9-6-7-10-12(8-9)16-11-4-2-3-5-13(11)17-14(16)15-10/h2-8H,1H3. The fourth-order valence-corrected chi connectivity index (χ4v) is 2.29. The number of benzene rings is 2. The van der Waals surface area contributed by atoms with Crippen LogP contribution in [0.25, 0.3) is 28.0 Å². The first-order valence-electron chi connectivity index (χ1n) is 5.59. The first-order chi connectivity index (χ1) is 8.33. The highest BCUT2D eigenvalue weighted by atomic mass is 16.4. The minimum atomic E-state index is 0.659. The van der Waals surface area contributed by atoms with Gasteiger partial charge in [-0.15, -0.1) is 0 Å². The normalized spacial score (nSPS) is 11.8. The number of aryl methyl sites for hydroxylation is 1. The van der Waals surface area contributed by atoms with Gasteiger partial charge in [0.25, 0.3) is 0 Å². The highest BCUT2D eigenvalue weighted by molar-refractivity contribution is 5.88. The average molecular weight is 222 g/mol. The molecule has 0 fully saturated rings. The van der Waals surface area contributed by atoms with Gasteiger partial charge in [0.1, 0.15) is 0 Å². The summed E-state index contributed by atoms with van der Waals surface area (Å²) in [7, 11) is 0. The third kappa shape index (κ3) is 1.08. The molecule has 3 nitrogen and oxygen atoms in total. The molecule has 3 heteroatoms. The van der Waals surface area contributed by atoms with Gasteiger partial charge in [-0.1, -0.05) is 18.2 Å². The maximum atomic E-state index is 5.73. The molecule has 0 atom stereocenters. The van der Waals surface area contributed by atoms with Crippen LogP contribution in [0.2, 0.25) is 0 Å². The van der Waals surface area contributed by atoms with Gasteiger partial charge in [0.05, 0.1) is 16.6 Å². The molecule has 0 bridgehead atoms. The molecule has 0 spiro atoms. The van der Waals surface area contributed by atoms with Crippen LogP contribution in [0.4, 0.5) is 0 Å². The van der Waals surface area contributed by atoms with E-state index in [1.54, 1.807) is 0 Å². The molecule has 0 N–H and O–H groups in total. The van der Waals surface area contributed by atoms with Crippen LogP contribution < -0.4 is 0 Å². The topological polar surface area (TPSA) is 30.4 Å². The number of hydrogen-bond donors (Lipinski definition) is 0. The zero-order valence-corrected chi connectivity index (χ0v) is 9.34. The van der Waals surface area contributed by atoms with Crippen LogP contribution in [0.15, 0.2) is 46.9 Å². The second-order valence-corrected chi connectivity index (χ2v) is 4.29. The van der Waals surface area contributed by atoms with Crippen LogP contribution in [-0.4, -0.2) is 9.38 Å². The highest BCUT2D eigenvalue weighted by Crippen LogP contribution is 2.25. The summed E-state index contributed by atoms with van der Waals surface area (Å²) in [6, 6.07) is 14.2. The molecule has 2 aromatic heterocycles. The van der Waals surface area contributed by atoms with E-state index in [4.69, 9.17) is 4.42 Å². The predicted octanol–water partition coefficient (Wildman–Crippen LogP) is 3.54. The van der Waals surface area contributed by atoms with Gasteiger partial charge >= 0.3 is 5.84 Å². The lowest BCUT2D eigenvalue weighted by Crippen LogP contribution is -1.80. The fraction of sp³-hybridized carbons (Fsp3) is 0.0714. The van der Waals surface area contributed by atoms with Gasteiger partial charge in [0, 0.05) is 0 Å². The van der Waals surface area contributed by atoms with Crippen molar-refractivity contribution in [2.24, 2.45) is 0 Å². The summed E-state index contributed by atoms with van der Waals surface area (Å²) in [6.07, 6.45) is 0. The minimum Gasteiger partial charge on any atom is -0.423 e. The predicted molar refractivity (Wildman–Crippen MR) is 67.2 cm³/mol. The molecule has 4 aromatic rings. The zero-order valence-electron chi connectivity index (χ0n) is 9.34. The Bertz CT molecular complexity index is 854. The van der Waals surface area contributed by atoms with Gasteiger partial charge in [-0.05, 0) is 36.8 Å². The molecule has 2 aromatic carbocycles. The van der Waals surface area contributed by atoms with Gasteiger partial charge in [-0.3, -0.25) is 4.40 Å². The minimum absolute atomic E-state index is 0.659. The monoisotopic (exact) mass is 222 g/mol. The quantitative estimate of drug-likeness (QED) is 0.455. The van der Waals surface area contributed by atoms with Crippen LogP contribution in [-0.2, 0) is 0 Å². The van der Waals surface area contributed by atoms with Crippen molar-refractivity contribution in [3.05, 3.63) is 48.0 Å². The van der Waals surface area contributed by atoms with Crippen molar-refractivity contribution in [3.8, 4) is 0 Å². The van der Waals surface area contributed by atoms with Crippen LogP contribution in [0, 0.1) is 6.92 Å². The smallest absolute Gasteiger partial charge is 0.307 e. The SMILES string of the molecule is Cc1ccc2nc3oc4ccccc4n3c2c1. The van der Waals surface area contributed by atoms with E-state index in [-0.39, 0.29) is 0 Å². The second kappa shape index (κ2) is 2.88. The molecule has 0 aliphatic rings. The van der Waals surface area contributed by atoms with E-state index < -0.39 is 0 Å². The van der Waals surface area contributed by atoms with Gasteiger partial charge in [0.15, 0.2) is 5.58 Å². The van der Waals surface area contributed by atoms with Gasteiger partial charge in [-0.25, -0.2) is 0 Å².